The minimum atomic E-state index is 0.0838. The van der Waals surface area contributed by atoms with Gasteiger partial charge in [-0.05, 0) is 31.9 Å². The van der Waals surface area contributed by atoms with Gasteiger partial charge in [-0.3, -0.25) is 0 Å². The van der Waals surface area contributed by atoms with E-state index in [1.54, 1.807) is 0 Å². The lowest BCUT2D eigenvalue weighted by Crippen LogP contribution is -1.90. The molecule has 1 aromatic heterocycles. The second kappa shape index (κ2) is 4.72. The van der Waals surface area contributed by atoms with Gasteiger partial charge in [-0.1, -0.05) is 22.9 Å². The van der Waals surface area contributed by atoms with E-state index in [2.05, 4.69) is 38.1 Å². The van der Waals surface area contributed by atoms with Crippen molar-refractivity contribution in [1.82, 2.24) is 5.16 Å². The predicted molar refractivity (Wildman–Crippen MR) is 66.9 cm³/mol. The third kappa shape index (κ3) is 2.39. The van der Waals surface area contributed by atoms with Crippen LogP contribution in [0.25, 0.3) is 11.3 Å². The van der Waals surface area contributed by atoms with Crippen LogP contribution in [0.1, 0.15) is 22.5 Å². The molecule has 0 atom stereocenters. The first-order valence-electron chi connectivity index (χ1n) is 5.76. The normalized spacial score (nSPS) is 10.8. The zero-order valence-electron chi connectivity index (χ0n) is 10.4. The Labute approximate surface area is 101 Å². The van der Waals surface area contributed by atoms with E-state index in [9.17, 15) is 0 Å². The van der Waals surface area contributed by atoms with E-state index in [1.165, 1.54) is 16.7 Å². The monoisotopic (exact) mass is 231 g/mol. The highest BCUT2D eigenvalue weighted by molar-refractivity contribution is 5.68. The summed E-state index contributed by atoms with van der Waals surface area (Å²) in [5, 5.41) is 12.9. The molecule has 17 heavy (non-hydrogen) atoms. The Hall–Kier alpha value is -1.61. The molecule has 0 saturated heterocycles. The number of aliphatic hydroxyl groups excluding tert-OH is 1. The van der Waals surface area contributed by atoms with Crippen molar-refractivity contribution in [3.8, 4) is 11.3 Å². The molecule has 2 rings (SSSR count). The van der Waals surface area contributed by atoms with Gasteiger partial charge in [0.25, 0.3) is 0 Å². The van der Waals surface area contributed by atoms with E-state index < -0.39 is 0 Å². The van der Waals surface area contributed by atoms with Gasteiger partial charge < -0.3 is 9.63 Å². The van der Waals surface area contributed by atoms with Gasteiger partial charge in [0.1, 0.15) is 11.5 Å². The van der Waals surface area contributed by atoms with Gasteiger partial charge in [0.05, 0.1) is 6.61 Å². The predicted octanol–water partition coefficient (Wildman–Crippen LogP) is 2.80. The Balaban J connectivity index is 2.45. The van der Waals surface area contributed by atoms with E-state index in [0.29, 0.717) is 6.42 Å². The zero-order chi connectivity index (χ0) is 12.4. The van der Waals surface area contributed by atoms with Crippen molar-refractivity contribution in [1.29, 1.82) is 0 Å². The summed E-state index contributed by atoms with van der Waals surface area (Å²) in [7, 11) is 0. The number of nitrogens with zero attached hydrogens (tertiary/aromatic N) is 1. The van der Waals surface area contributed by atoms with Crippen LogP contribution in [-0.2, 0) is 6.42 Å². The first kappa shape index (κ1) is 11.9. The lowest BCUT2D eigenvalue weighted by molar-refractivity contribution is 0.277. The van der Waals surface area contributed by atoms with Crippen LogP contribution in [0.3, 0.4) is 0 Å². The first-order valence-corrected chi connectivity index (χ1v) is 5.76. The fraction of sp³-hybridized carbons (Fsp3) is 0.357. The summed E-state index contributed by atoms with van der Waals surface area (Å²) in [5.74, 6) is 0.724. The minimum absolute atomic E-state index is 0.0838. The van der Waals surface area contributed by atoms with Gasteiger partial charge in [-0.2, -0.15) is 0 Å². The second-order valence-electron chi connectivity index (χ2n) is 4.43. The van der Waals surface area contributed by atoms with Crippen LogP contribution >= 0.6 is 0 Å². The Bertz CT molecular complexity index is 506. The lowest BCUT2D eigenvalue weighted by atomic mass is 9.97. The number of aromatic nitrogens is 1. The van der Waals surface area contributed by atoms with E-state index in [4.69, 9.17) is 9.63 Å². The minimum Gasteiger partial charge on any atom is -0.396 e. The summed E-state index contributed by atoms with van der Waals surface area (Å²) < 4.78 is 5.19. The molecule has 90 valence electrons. The van der Waals surface area contributed by atoms with Gasteiger partial charge in [-0.15, -0.1) is 0 Å². The standard InChI is InChI=1S/C14H17NO2/c1-9-6-10(2)14(11(3)7-9)13-8-12(4-5-16)17-15-13/h6-8,16H,4-5H2,1-3H3. The third-order valence-corrected chi connectivity index (χ3v) is 2.85. The number of aliphatic hydroxyl groups is 1. The van der Waals surface area contributed by atoms with Crippen molar-refractivity contribution in [2.24, 2.45) is 0 Å². The molecule has 2 aromatic rings. The van der Waals surface area contributed by atoms with Crippen molar-refractivity contribution in [2.75, 3.05) is 6.61 Å². The highest BCUT2D eigenvalue weighted by atomic mass is 16.5. The summed E-state index contributed by atoms with van der Waals surface area (Å²) in [5.41, 5.74) is 5.63. The van der Waals surface area contributed by atoms with Crippen LogP contribution in [0.2, 0.25) is 0 Å². The van der Waals surface area contributed by atoms with Crippen molar-refractivity contribution < 1.29 is 9.63 Å². The average molecular weight is 231 g/mol. The Morgan fingerprint density at radius 3 is 2.35 bits per heavy atom. The molecule has 0 saturated carbocycles. The molecule has 3 heteroatoms. The van der Waals surface area contributed by atoms with Gasteiger partial charge in [0, 0.05) is 18.1 Å². The summed E-state index contributed by atoms with van der Waals surface area (Å²) in [6.07, 6.45) is 0.511. The molecule has 0 unspecified atom stereocenters. The van der Waals surface area contributed by atoms with Crippen LogP contribution in [0.4, 0.5) is 0 Å². The van der Waals surface area contributed by atoms with Gasteiger partial charge in [-0.25, -0.2) is 0 Å². The van der Waals surface area contributed by atoms with Crippen molar-refractivity contribution in [3.05, 3.63) is 40.6 Å². The van der Waals surface area contributed by atoms with Gasteiger partial charge in [0.15, 0.2) is 0 Å². The van der Waals surface area contributed by atoms with Crippen molar-refractivity contribution >= 4 is 0 Å². The maximum atomic E-state index is 8.86. The molecule has 0 aliphatic carbocycles. The number of aryl methyl sites for hydroxylation is 3. The molecule has 0 spiro atoms. The average Bonchev–Trinajstić information content (AvgIpc) is 2.65. The third-order valence-electron chi connectivity index (χ3n) is 2.85. The smallest absolute Gasteiger partial charge is 0.139 e. The van der Waals surface area contributed by atoms with E-state index in [0.717, 1.165) is 17.0 Å². The largest absolute Gasteiger partial charge is 0.396 e. The van der Waals surface area contributed by atoms with Crippen molar-refractivity contribution in [3.63, 3.8) is 0 Å². The summed E-state index contributed by atoms with van der Waals surface area (Å²) in [6, 6.07) is 6.19. The summed E-state index contributed by atoms with van der Waals surface area (Å²) >= 11 is 0. The van der Waals surface area contributed by atoms with Gasteiger partial charge in [0.2, 0.25) is 0 Å². The molecule has 0 aliphatic rings. The number of benzene rings is 1. The number of hydrogen-bond donors (Lipinski definition) is 1. The SMILES string of the molecule is Cc1cc(C)c(-c2cc(CCO)on2)c(C)c1. The van der Waals surface area contributed by atoms with Crippen LogP contribution in [0.5, 0.6) is 0 Å². The topological polar surface area (TPSA) is 46.3 Å². The fourth-order valence-electron chi connectivity index (χ4n) is 2.24. The zero-order valence-corrected chi connectivity index (χ0v) is 10.4. The molecule has 0 amide bonds. The molecule has 1 heterocycles. The molecule has 0 radical (unpaired) electrons. The van der Waals surface area contributed by atoms with E-state index in [-0.39, 0.29) is 6.61 Å². The van der Waals surface area contributed by atoms with E-state index in [1.807, 2.05) is 6.07 Å². The lowest BCUT2D eigenvalue weighted by Gasteiger charge is -2.07. The quantitative estimate of drug-likeness (QED) is 0.883. The highest BCUT2D eigenvalue weighted by Crippen LogP contribution is 2.27. The maximum absolute atomic E-state index is 8.86. The van der Waals surface area contributed by atoms with Crippen LogP contribution in [0, 0.1) is 20.8 Å². The van der Waals surface area contributed by atoms with Crippen LogP contribution in [-0.4, -0.2) is 16.9 Å². The molecule has 0 fully saturated rings. The molecule has 0 bridgehead atoms. The molecule has 3 nitrogen and oxygen atoms in total. The number of rotatable bonds is 3. The summed E-state index contributed by atoms with van der Waals surface area (Å²) in [6.45, 7) is 6.33. The maximum Gasteiger partial charge on any atom is 0.139 e. The molecule has 1 N–H and O–H groups in total. The van der Waals surface area contributed by atoms with E-state index >= 15 is 0 Å². The van der Waals surface area contributed by atoms with Crippen LogP contribution in [0.15, 0.2) is 22.7 Å². The fourth-order valence-corrected chi connectivity index (χ4v) is 2.24. The molecular formula is C14H17NO2. The molecular weight excluding hydrogens is 214 g/mol. The second-order valence-corrected chi connectivity index (χ2v) is 4.43. The highest BCUT2D eigenvalue weighted by Gasteiger charge is 2.11. The number of hydrogen-bond acceptors (Lipinski definition) is 3. The Morgan fingerprint density at radius 1 is 1.12 bits per heavy atom. The van der Waals surface area contributed by atoms with Crippen LogP contribution < -0.4 is 0 Å². The van der Waals surface area contributed by atoms with Crippen molar-refractivity contribution in [2.45, 2.75) is 27.2 Å². The Morgan fingerprint density at radius 2 is 1.76 bits per heavy atom. The Kier molecular flexibility index (Phi) is 3.29. The summed E-state index contributed by atoms with van der Waals surface area (Å²) in [4.78, 5) is 0. The molecule has 1 aromatic carbocycles. The molecule has 0 aliphatic heterocycles. The first-order chi connectivity index (χ1) is 8.11. The van der Waals surface area contributed by atoms with Gasteiger partial charge >= 0.3 is 0 Å².